The third-order valence-electron chi connectivity index (χ3n) is 4.52. The summed E-state index contributed by atoms with van der Waals surface area (Å²) in [6.45, 7) is 8.46. The highest BCUT2D eigenvalue weighted by Gasteiger charge is 2.17. The van der Waals surface area contributed by atoms with E-state index in [4.69, 9.17) is 0 Å². The van der Waals surface area contributed by atoms with Crippen LogP contribution >= 0.6 is 11.3 Å². The summed E-state index contributed by atoms with van der Waals surface area (Å²) < 4.78 is 0. The quantitative estimate of drug-likeness (QED) is 0.538. The summed E-state index contributed by atoms with van der Waals surface area (Å²) in [5.74, 6) is 0.833. The van der Waals surface area contributed by atoms with Gasteiger partial charge >= 0.3 is 0 Å². The Balaban J connectivity index is 0.000000449. The van der Waals surface area contributed by atoms with E-state index in [1.807, 2.05) is 31.3 Å². The summed E-state index contributed by atoms with van der Waals surface area (Å²) in [5.41, 5.74) is 11.6. The van der Waals surface area contributed by atoms with Crippen molar-refractivity contribution in [1.29, 1.82) is 5.26 Å². The molecule has 0 saturated heterocycles. The van der Waals surface area contributed by atoms with Gasteiger partial charge in [-0.1, -0.05) is 51.1 Å². The lowest BCUT2D eigenvalue weighted by atomic mass is 10.0. The van der Waals surface area contributed by atoms with Crippen LogP contribution in [0.1, 0.15) is 49.4 Å². The van der Waals surface area contributed by atoms with Gasteiger partial charge in [-0.15, -0.1) is 11.3 Å². The van der Waals surface area contributed by atoms with Crippen molar-refractivity contribution >= 4 is 11.3 Å². The fraction of sp³-hybridized carbons (Fsp3) is 0.360. The number of rotatable bonds is 2. The predicted molar refractivity (Wildman–Crippen MR) is 125 cm³/mol. The second-order valence-electron chi connectivity index (χ2n) is 7.70. The minimum absolute atomic E-state index is 0.722. The van der Waals surface area contributed by atoms with Crippen LogP contribution in [-0.4, -0.2) is 12.0 Å². The average Bonchev–Trinajstić information content (AvgIpc) is 3.39. The van der Waals surface area contributed by atoms with Crippen molar-refractivity contribution in [2.45, 2.75) is 47.0 Å². The molecule has 0 aliphatic heterocycles. The van der Waals surface area contributed by atoms with Gasteiger partial charge in [-0.2, -0.15) is 5.26 Å². The van der Waals surface area contributed by atoms with Crippen LogP contribution in [-0.2, 0) is 12.8 Å². The van der Waals surface area contributed by atoms with Crippen molar-refractivity contribution < 1.29 is 0 Å². The van der Waals surface area contributed by atoms with Crippen molar-refractivity contribution in [3.8, 4) is 27.1 Å². The maximum atomic E-state index is 9.21. The van der Waals surface area contributed by atoms with Crippen LogP contribution in [0.4, 0.5) is 0 Å². The maximum Gasteiger partial charge on any atom is 0.123 e. The largest absolute Gasteiger partial charge is 0.333 e. The Bertz CT molecular complexity index is 977. The summed E-state index contributed by atoms with van der Waals surface area (Å²) in [5, 5.41) is 10.2. The van der Waals surface area contributed by atoms with E-state index in [1.165, 1.54) is 47.9 Å². The molecule has 2 N–H and O–H groups in total. The normalized spacial score (nSPS) is 11.7. The zero-order valence-electron chi connectivity index (χ0n) is 18.1. The number of nitrogens with zero attached hydrogens (tertiary/aromatic N) is 2. The summed E-state index contributed by atoms with van der Waals surface area (Å²) >= 11 is 1.71. The van der Waals surface area contributed by atoms with E-state index < -0.39 is 0 Å². The Kier molecular flexibility index (Phi) is 8.57. The lowest BCUT2D eigenvalue weighted by molar-refractivity contribution is 0.737. The molecule has 1 aromatic heterocycles. The van der Waals surface area contributed by atoms with Crippen molar-refractivity contribution in [3.05, 3.63) is 64.8 Å². The molecule has 0 unspecified atom stereocenters. The molecule has 2 aromatic carbocycles. The smallest absolute Gasteiger partial charge is 0.123 e. The van der Waals surface area contributed by atoms with Crippen molar-refractivity contribution in [2.75, 3.05) is 7.05 Å². The fourth-order valence-corrected chi connectivity index (χ4v) is 4.22. The van der Waals surface area contributed by atoms with Gasteiger partial charge in [0, 0.05) is 11.8 Å². The fourth-order valence-electron chi connectivity index (χ4n) is 3.26. The molecule has 4 rings (SSSR count). The first-order valence-electron chi connectivity index (χ1n) is 10.2. The zero-order chi connectivity index (χ0) is 21.4. The van der Waals surface area contributed by atoms with Crippen LogP contribution in [0.2, 0.25) is 0 Å². The molecular weight excluding hydrogens is 374 g/mol. The second kappa shape index (κ2) is 10.9. The number of hydrogen-bond acceptors (Lipinski definition) is 4. The summed E-state index contributed by atoms with van der Waals surface area (Å²) in [6, 6.07) is 14.8. The van der Waals surface area contributed by atoms with Gasteiger partial charge in [0.05, 0.1) is 16.5 Å². The molecule has 0 saturated carbocycles. The highest BCUT2D eigenvalue weighted by atomic mass is 32.1. The van der Waals surface area contributed by atoms with Gasteiger partial charge < -0.3 is 5.73 Å². The molecule has 4 heteroatoms. The van der Waals surface area contributed by atoms with Crippen molar-refractivity contribution in [3.63, 3.8) is 0 Å². The number of fused-ring (bicyclic) bond motifs is 1. The molecule has 1 aliphatic carbocycles. The van der Waals surface area contributed by atoms with Crippen LogP contribution in [0.25, 0.3) is 21.0 Å². The number of aromatic nitrogens is 1. The minimum Gasteiger partial charge on any atom is -0.333 e. The summed E-state index contributed by atoms with van der Waals surface area (Å²) in [4.78, 5) is 5.82. The highest BCUT2D eigenvalue weighted by Crippen LogP contribution is 2.37. The molecule has 152 valence electrons. The Morgan fingerprint density at radius 2 is 1.83 bits per heavy atom. The van der Waals surface area contributed by atoms with E-state index in [9.17, 15) is 5.26 Å². The minimum atomic E-state index is 0.722. The molecule has 3 nitrogen and oxygen atoms in total. The first-order valence-corrected chi connectivity index (χ1v) is 11.0. The Hall–Kier alpha value is -2.48. The van der Waals surface area contributed by atoms with E-state index >= 15 is 0 Å². The van der Waals surface area contributed by atoms with Gasteiger partial charge in [0.2, 0.25) is 0 Å². The lowest BCUT2D eigenvalue weighted by Gasteiger charge is -2.05. The van der Waals surface area contributed by atoms with Gasteiger partial charge in [0.25, 0.3) is 0 Å². The number of hydrogen-bond donors (Lipinski definition) is 1. The van der Waals surface area contributed by atoms with Gasteiger partial charge in [0.1, 0.15) is 5.01 Å². The monoisotopic (exact) mass is 405 g/mol. The Labute approximate surface area is 179 Å². The predicted octanol–water partition coefficient (Wildman–Crippen LogP) is 6.38. The second-order valence-corrected chi connectivity index (χ2v) is 8.73. The molecule has 0 amide bonds. The molecule has 0 bridgehead atoms. The van der Waals surface area contributed by atoms with Crippen LogP contribution in [0.15, 0.2) is 42.6 Å². The van der Waals surface area contributed by atoms with Gasteiger partial charge in [-0.25, -0.2) is 4.98 Å². The molecule has 1 heterocycles. The molecule has 0 radical (unpaired) electrons. The molecule has 0 fully saturated rings. The van der Waals surface area contributed by atoms with Gasteiger partial charge in [-0.3, -0.25) is 0 Å². The molecule has 0 spiro atoms. The van der Waals surface area contributed by atoms with Crippen LogP contribution in [0.3, 0.4) is 0 Å². The zero-order valence-corrected chi connectivity index (χ0v) is 18.9. The number of thiazole rings is 1. The standard InChI is InChI=1S/C20H16N2S.C4H10.CH5N/c1-13-8-9-15(10-16(13)11-21)20-22-12-19(23-20)18-7-3-5-14-4-2-6-17(14)18;1-4(2)3;1-2/h3,5,7-10,12H,2,4,6H2,1H3;4H,1-3H3;2H2,1H3. The van der Waals surface area contributed by atoms with Gasteiger partial charge in [-0.05, 0) is 67.5 Å². The van der Waals surface area contributed by atoms with E-state index in [1.54, 1.807) is 11.3 Å². The maximum absolute atomic E-state index is 9.21. The summed E-state index contributed by atoms with van der Waals surface area (Å²) in [6.07, 6.45) is 5.58. The molecule has 0 atom stereocenters. The molecule has 1 aliphatic rings. The first-order chi connectivity index (χ1) is 14.0. The third kappa shape index (κ3) is 5.76. The summed E-state index contributed by atoms with van der Waals surface area (Å²) in [7, 11) is 1.50. The highest BCUT2D eigenvalue weighted by molar-refractivity contribution is 7.18. The van der Waals surface area contributed by atoms with Crippen LogP contribution < -0.4 is 5.73 Å². The average molecular weight is 406 g/mol. The van der Waals surface area contributed by atoms with Crippen molar-refractivity contribution in [1.82, 2.24) is 4.98 Å². The number of nitrogens with two attached hydrogens (primary N) is 1. The number of benzene rings is 2. The molecular formula is C25H31N3S. The van der Waals surface area contributed by atoms with Crippen molar-refractivity contribution in [2.24, 2.45) is 11.7 Å². The van der Waals surface area contributed by atoms with Gasteiger partial charge in [0.15, 0.2) is 0 Å². The van der Waals surface area contributed by atoms with E-state index in [0.717, 1.165) is 27.6 Å². The topological polar surface area (TPSA) is 62.7 Å². The molecule has 29 heavy (non-hydrogen) atoms. The number of aryl methyl sites for hydroxylation is 2. The van der Waals surface area contributed by atoms with E-state index in [0.29, 0.717) is 0 Å². The number of nitriles is 1. The van der Waals surface area contributed by atoms with Crippen LogP contribution in [0.5, 0.6) is 0 Å². The van der Waals surface area contributed by atoms with E-state index in [-0.39, 0.29) is 0 Å². The Morgan fingerprint density at radius 1 is 1.10 bits per heavy atom. The third-order valence-corrected chi connectivity index (χ3v) is 5.60. The molecule has 3 aromatic rings. The Morgan fingerprint density at radius 3 is 2.52 bits per heavy atom. The van der Waals surface area contributed by atoms with Crippen LogP contribution in [0, 0.1) is 24.2 Å². The SMILES string of the molecule is CC(C)C.CN.Cc1ccc(-c2ncc(-c3cccc4c3CCC4)s2)cc1C#N. The lowest BCUT2D eigenvalue weighted by Crippen LogP contribution is -1.85. The first kappa shape index (κ1) is 22.8. The van der Waals surface area contributed by atoms with E-state index in [2.05, 4.69) is 55.8 Å².